The lowest BCUT2D eigenvalue weighted by molar-refractivity contribution is -0.119. The summed E-state index contributed by atoms with van der Waals surface area (Å²) >= 11 is 0. The van der Waals surface area contributed by atoms with Crippen LogP contribution in [0.4, 0.5) is 5.69 Å². The highest BCUT2D eigenvalue weighted by molar-refractivity contribution is 5.93. The van der Waals surface area contributed by atoms with Crippen molar-refractivity contribution in [1.29, 1.82) is 0 Å². The van der Waals surface area contributed by atoms with E-state index in [4.69, 9.17) is 9.47 Å². The molecule has 1 aliphatic rings. The van der Waals surface area contributed by atoms with E-state index in [0.717, 1.165) is 55.4 Å². The fourth-order valence-corrected chi connectivity index (χ4v) is 4.40. The summed E-state index contributed by atoms with van der Waals surface area (Å²) in [4.78, 5) is 17.2. The van der Waals surface area contributed by atoms with E-state index in [2.05, 4.69) is 17.0 Å². The number of nitrogens with zero attached hydrogens (tertiary/aromatic N) is 2. The minimum atomic E-state index is 0.171. The second-order valence-electron chi connectivity index (χ2n) is 8.39. The van der Waals surface area contributed by atoms with E-state index in [1.165, 1.54) is 5.56 Å². The van der Waals surface area contributed by atoms with Gasteiger partial charge in [-0.2, -0.15) is 0 Å². The molecular formula is C28H32N2O3. The summed E-state index contributed by atoms with van der Waals surface area (Å²) < 4.78 is 11.3. The normalized spacial score (nSPS) is 14.6. The van der Waals surface area contributed by atoms with Gasteiger partial charge in [0.2, 0.25) is 5.91 Å². The summed E-state index contributed by atoms with van der Waals surface area (Å²) in [5, 5.41) is 0. The number of rotatable bonds is 8. The Labute approximate surface area is 196 Å². The van der Waals surface area contributed by atoms with Crippen molar-refractivity contribution in [3.63, 3.8) is 0 Å². The molecule has 0 aromatic heterocycles. The Morgan fingerprint density at radius 2 is 1.61 bits per heavy atom. The van der Waals surface area contributed by atoms with Crippen molar-refractivity contribution in [1.82, 2.24) is 4.90 Å². The molecule has 0 aliphatic carbocycles. The van der Waals surface area contributed by atoms with Crippen LogP contribution in [0.25, 0.3) is 0 Å². The zero-order chi connectivity index (χ0) is 23.0. The van der Waals surface area contributed by atoms with Crippen molar-refractivity contribution in [3.8, 4) is 17.2 Å². The highest BCUT2D eigenvalue weighted by atomic mass is 16.5. The molecule has 1 heterocycles. The van der Waals surface area contributed by atoms with Gasteiger partial charge in [0.1, 0.15) is 17.2 Å². The molecule has 5 heteroatoms. The minimum absolute atomic E-state index is 0.171. The van der Waals surface area contributed by atoms with Gasteiger partial charge in [-0.25, -0.2) is 0 Å². The van der Waals surface area contributed by atoms with Gasteiger partial charge < -0.3 is 14.4 Å². The van der Waals surface area contributed by atoms with Crippen LogP contribution in [0, 0.1) is 0 Å². The second kappa shape index (κ2) is 11.0. The highest BCUT2D eigenvalue weighted by Gasteiger charge is 2.28. The zero-order valence-electron chi connectivity index (χ0n) is 19.4. The van der Waals surface area contributed by atoms with Gasteiger partial charge in [-0.3, -0.25) is 9.69 Å². The molecule has 1 aliphatic heterocycles. The lowest BCUT2D eigenvalue weighted by atomic mass is 10.0. The standard InChI is InChI=1S/C28H32N2O3/c1-3-28(31)30(23-12-14-25(32-2)15-13-23)24-16-18-29(19-17-24)21-22-8-7-11-27(20-22)33-26-9-5-4-6-10-26/h4-15,20,24H,3,16-19,21H2,1-2H3. The first-order valence-electron chi connectivity index (χ1n) is 11.7. The van der Waals surface area contributed by atoms with Crippen LogP contribution in [0.5, 0.6) is 17.2 Å². The first-order valence-corrected chi connectivity index (χ1v) is 11.7. The van der Waals surface area contributed by atoms with Crippen LogP contribution in [0.15, 0.2) is 78.9 Å². The van der Waals surface area contributed by atoms with Crippen LogP contribution in [0.1, 0.15) is 31.7 Å². The molecule has 0 saturated carbocycles. The summed E-state index contributed by atoms with van der Waals surface area (Å²) in [5.74, 6) is 2.67. The largest absolute Gasteiger partial charge is 0.497 e. The average molecular weight is 445 g/mol. The lowest BCUT2D eigenvalue weighted by Gasteiger charge is -2.38. The molecule has 0 spiro atoms. The number of carbonyl (C=O) groups excluding carboxylic acids is 1. The van der Waals surface area contributed by atoms with Gasteiger partial charge in [-0.15, -0.1) is 0 Å². The zero-order valence-corrected chi connectivity index (χ0v) is 19.4. The van der Waals surface area contributed by atoms with Gasteiger partial charge in [0.05, 0.1) is 7.11 Å². The summed E-state index contributed by atoms with van der Waals surface area (Å²) in [6, 6.07) is 26.2. The van der Waals surface area contributed by atoms with Gasteiger partial charge >= 0.3 is 0 Å². The Morgan fingerprint density at radius 1 is 0.909 bits per heavy atom. The molecule has 0 atom stereocenters. The van der Waals surface area contributed by atoms with Gasteiger partial charge in [-0.1, -0.05) is 37.3 Å². The van der Waals surface area contributed by atoms with Crippen molar-refractivity contribution in [2.45, 2.75) is 38.8 Å². The number of para-hydroxylation sites is 1. The van der Waals surface area contributed by atoms with Crippen molar-refractivity contribution in [3.05, 3.63) is 84.4 Å². The number of hydrogen-bond acceptors (Lipinski definition) is 4. The molecule has 5 nitrogen and oxygen atoms in total. The third-order valence-corrected chi connectivity index (χ3v) is 6.13. The molecule has 4 rings (SSSR count). The third-order valence-electron chi connectivity index (χ3n) is 6.13. The fraction of sp³-hybridized carbons (Fsp3) is 0.321. The predicted molar refractivity (Wildman–Crippen MR) is 132 cm³/mol. The number of amides is 1. The van der Waals surface area contributed by atoms with Crippen molar-refractivity contribution >= 4 is 11.6 Å². The molecular weight excluding hydrogens is 412 g/mol. The quantitative estimate of drug-likeness (QED) is 0.434. The van der Waals surface area contributed by atoms with E-state index in [-0.39, 0.29) is 11.9 Å². The van der Waals surface area contributed by atoms with Crippen molar-refractivity contribution in [2.75, 3.05) is 25.1 Å². The smallest absolute Gasteiger partial charge is 0.226 e. The van der Waals surface area contributed by atoms with Crippen LogP contribution >= 0.6 is 0 Å². The molecule has 3 aromatic rings. The summed E-state index contributed by atoms with van der Waals surface area (Å²) in [7, 11) is 1.66. The Balaban J connectivity index is 1.37. The van der Waals surface area contributed by atoms with E-state index < -0.39 is 0 Å². The number of benzene rings is 3. The molecule has 0 bridgehead atoms. The number of methoxy groups -OCH3 is 1. The van der Waals surface area contributed by atoms with Gasteiger partial charge in [0.25, 0.3) is 0 Å². The molecule has 1 fully saturated rings. The molecule has 3 aromatic carbocycles. The van der Waals surface area contributed by atoms with Crippen LogP contribution in [-0.2, 0) is 11.3 Å². The molecule has 0 N–H and O–H groups in total. The van der Waals surface area contributed by atoms with Gasteiger partial charge in [0, 0.05) is 37.8 Å². The third kappa shape index (κ3) is 5.93. The second-order valence-corrected chi connectivity index (χ2v) is 8.39. The maximum absolute atomic E-state index is 12.8. The monoisotopic (exact) mass is 444 g/mol. The number of hydrogen-bond donors (Lipinski definition) is 0. The lowest BCUT2D eigenvalue weighted by Crippen LogP contribution is -2.47. The van der Waals surface area contributed by atoms with Crippen molar-refractivity contribution in [2.24, 2.45) is 0 Å². The Bertz CT molecular complexity index is 1030. The molecule has 1 saturated heterocycles. The fourth-order valence-electron chi connectivity index (χ4n) is 4.40. The Kier molecular flexibility index (Phi) is 7.63. The van der Waals surface area contributed by atoms with E-state index in [1.54, 1.807) is 7.11 Å². The Morgan fingerprint density at radius 3 is 2.27 bits per heavy atom. The molecule has 33 heavy (non-hydrogen) atoms. The van der Waals surface area contributed by atoms with Gasteiger partial charge in [-0.05, 0) is 66.9 Å². The number of anilines is 1. The molecule has 1 amide bonds. The van der Waals surface area contributed by atoms with Crippen LogP contribution in [0.2, 0.25) is 0 Å². The van der Waals surface area contributed by atoms with E-state index >= 15 is 0 Å². The highest BCUT2D eigenvalue weighted by Crippen LogP contribution is 2.28. The van der Waals surface area contributed by atoms with Gasteiger partial charge in [0.15, 0.2) is 0 Å². The summed E-state index contributed by atoms with van der Waals surface area (Å²) in [6.45, 7) is 4.72. The SMILES string of the molecule is CCC(=O)N(c1ccc(OC)cc1)C1CCN(Cc2cccc(Oc3ccccc3)c2)CC1. The number of piperidine rings is 1. The average Bonchev–Trinajstić information content (AvgIpc) is 2.86. The van der Waals surface area contributed by atoms with Crippen LogP contribution in [0.3, 0.4) is 0 Å². The first-order chi connectivity index (χ1) is 16.2. The van der Waals surface area contributed by atoms with Crippen LogP contribution in [-0.4, -0.2) is 37.0 Å². The predicted octanol–water partition coefficient (Wildman–Crippen LogP) is 5.90. The molecule has 172 valence electrons. The molecule has 0 radical (unpaired) electrons. The minimum Gasteiger partial charge on any atom is -0.497 e. The number of carbonyl (C=O) groups is 1. The van der Waals surface area contributed by atoms with Crippen molar-refractivity contribution < 1.29 is 14.3 Å². The Hall–Kier alpha value is -3.31. The van der Waals surface area contributed by atoms with E-state index in [1.807, 2.05) is 78.6 Å². The van der Waals surface area contributed by atoms with Crippen LogP contribution < -0.4 is 14.4 Å². The van der Waals surface area contributed by atoms with E-state index in [0.29, 0.717) is 6.42 Å². The maximum Gasteiger partial charge on any atom is 0.226 e. The summed E-state index contributed by atoms with van der Waals surface area (Å²) in [5.41, 5.74) is 2.19. The maximum atomic E-state index is 12.8. The number of ether oxygens (including phenoxy) is 2. The van der Waals surface area contributed by atoms with E-state index in [9.17, 15) is 4.79 Å². The topological polar surface area (TPSA) is 42.0 Å². The molecule has 0 unspecified atom stereocenters. The number of likely N-dealkylation sites (tertiary alicyclic amines) is 1. The summed E-state index contributed by atoms with van der Waals surface area (Å²) in [6.07, 6.45) is 2.41. The first kappa shape index (κ1) is 22.9.